The van der Waals surface area contributed by atoms with Crippen LogP contribution in [-0.2, 0) is 26.2 Å². The summed E-state index contributed by atoms with van der Waals surface area (Å²) in [7, 11) is -3.76. The van der Waals surface area contributed by atoms with E-state index in [1.807, 2.05) is 42.2 Å². The lowest BCUT2D eigenvalue weighted by Crippen LogP contribution is -2.44. The van der Waals surface area contributed by atoms with Gasteiger partial charge in [-0.3, -0.25) is 9.59 Å². The average molecular weight is 486 g/mol. The van der Waals surface area contributed by atoms with Gasteiger partial charge in [0.2, 0.25) is 15.9 Å². The summed E-state index contributed by atoms with van der Waals surface area (Å²) < 4.78 is 33.9. The zero-order valence-electron chi connectivity index (χ0n) is 19.8. The van der Waals surface area contributed by atoms with Gasteiger partial charge in [-0.25, -0.2) is 8.42 Å². The van der Waals surface area contributed by atoms with Gasteiger partial charge in [0, 0.05) is 38.2 Å². The van der Waals surface area contributed by atoms with Gasteiger partial charge in [0.15, 0.2) is 6.10 Å². The number of amides is 2. The molecule has 182 valence electrons. The number of nitrogens with zero attached hydrogens (tertiary/aromatic N) is 2. The van der Waals surface area contributed by atoms with Crippen LogP contribution in [0.4, 0.5) is 5.69 Å². The van der Waals surface area contributed by atoms with Crippen molar-refractivity contribution in [1.29, 1.82) is 0 Å². The van der Waals surface area contributed by atoms with Gasteiger partial charge in [0.1, 0.15) is 5.75 Å². The van der Waals surface area contributed by atoms with Crippen LogP contribution in [0, 0.1) is 12.8 Å². The van der Waals surface area contributed by atoms with E-state index in [9.17, 15) is 18.0 Å². The molecule has 2 amide bonds. The molecule has 9 heteroatoms. The summed E-state index contributed by atoms with van der Waals surface area (Å²) in [4.78, 5) is 27.0. The molecular formula is C25H31N3O5S. The number of fused-ring (bicyclic) bond motifs is 1. The summed E-state index contributed by atoms with van der Waals surface area (Å²) in [6.45, 7) is 7.01. The molecular weight excluding hydrogens is 454 g/mol. The molecule has 0 aromatic heterocycles. The van der Waals surface area contributed by atoms with Gasteiger partial charge < -0.3 is 15.0 Å². The van der Waals surface area contributed by atoms with Crippen molar-refractivity contribution in [3.05, 3.63) is 53.6 Å². The monoisotopic (exact) mass is 485 g/mol. The van der Waals surface area contributed by atoms with Gasteiger partial charge in [0.25, 0.3) is 5.91 Å². The van der Waals surface area contributed by atoms with Crippen LogP contribution in [0.1, 0.15) is 37.8 Å². The Balaban J connectivity index is 1.45. The topological polar surface area (TPSA) is 96.0 Å². The number of hydrogen-bond donors (Lipinski definition) is 1. The normalized spacial score (nSPS) is 19.1. The number of piperidine rings is 1. The molecule has 8 nitrogen and oxygen atoms in total. The molecule has 1 atom stereocenters. The third-order valence-corrected chi connectivity index (χ3v) is 8.58. The number of anilines is 1. The largest absolute Gasteiger partial charge is 0.479 e. The molecule has 0 aliphatic carbocycles. The molecule has 2 aliphatic heterocycles. The van der Waals surface area contributed by atoms with Crippen LogP contribution in [-0.4, -0.2) is 55.2 Å². The van der Waals surface area contributed by atoms with Crippen LogP contribution in [0.15, 0.2) is 47.4 Å². The van der Waals surface area contributed by atoms with Crippen molar-refractivity contribution in [3.63, 3.8) is 0 Å². The third-order valence-electron chi connectivity index (χ3n) is 6.54. The molecule has 0 bridgehead atoms. The number of ether oxygens (including phenoxy) is 1. The Morgan fingerprint density at radius 2 is 1.85 bits per heavy atom. The number of nitrogens with one attached hydrogen (secondary N) is 1. The first-order valence-corrected chi connectivity index (χ1v) is 13.1. The number of hydrogen-bond acceptors (Lipinski definition) is 5. The average Bonchev–Trinajstić information content (AvgIpc) is 2.83. The summed E-state index contributed by atoms with van der Waals surface area (Å²) in [6, 6.07) is 13.0. The van der Waals surface area contributed by atoms with Crippen molar-refractivity contribution in [3.8, 4) is 5.75 Å². The van der Waals surface area contributed by atoms with Crippen LogP contribution >= 0.6 is 0 Å². The first-order chi connectivity index (χ1) is 16.2. The van der Waals surface area contributed by atoms with E-state index in [-0.39, 0.29) is 35.7 Å². The standard InChI is InChI=1S/C25H31N3O5S/c1-4-27(16-19-8-6-5-7-9-19)25(30)20-10-12-28(13-11-20)34(31,32)23-15-22-21(14-17(23)2)26-24(29)18(3)33-22/h5-9,14-15,18,20H,4,10-13,16H2,1-3H3,(H,26,29)/t18-/m1/s1. The highest BCUT2D eigenvalue weighted by atomic mass is 32.2. The van der Waals surface area contributed by atoms with E-state index in [0.29, 0.717) is 42.9 Å². The van der Waals surface area contributed by atoms with E-state index in [0.717, 1.165) is 5.56 Å². The van der Waals surface area contributed by atoms with Crippen molar-refractivity contribution in [2.75, 3.05) is 25.0 Å². The van der Waals surface area contributed by atoms with Gasteiger partial charge in [0.05, 0.1) is 10.6 Å². The van der Waals surface area contributed by atoms with E-state index >= 15 is 0 Å². The summed E-state index contributed by atoms with van der Waals surface area (Å²) in [6.07, 6.45) is 0.276. The Bertz CT molecular complexity index is 1170. The zero-order valence-corrected chi connectivity index (χ0v) is 20.6. The smallest absolute Gasteiger partial charge is 0.265 e. The SMILES string of the molecule is CCN(Cc1ccccc1)C(=O)C1CCN(S(=O)(=O)c2cc3c(cc2C)NC(=O)[C@@H](C)O3)CC1. The predicted octanol–water partition coefficient (Wildman–Crippen LogP) is 3.16. The maximum absolute atomic E-state index is 13.4. The second kappa shape index (κ2) is 9.76. The van der Waals surface area contributed by atoms with Gasteiger partial charge in [-0.1, -0.05) is 30.3 Å². The molecule has 34 heavy (non-hydrogen) atoms. The van der Waals surface area contributed by atoms with Gasteiger partial charge in [-0.2, -0.15) is 4.31 Å². The Kier molecular flexibility index (Phi) is 6.95. The second-order valence-electron chi connectivity index (χ2n) is 8.88. The predicted molar refractivity (Wildman–Crippen MR) is 129 cm³/mol. The lowest BCUT2D eigenvalue weighted by molar-refractivity contribution is -0.137. The van der Waals surface area contributed by atoms with E-state index in [4.69, 9.17) is 4.74 Å². The Labute approximate surface area is 200 Å². The number of carbonyl (C=O) groups is 2. The second-order valence-corrected chi connectivity index (χ2v) is 10.8. The van der Waals surface area contributed by atoms with Crippen LogP contribution in [0.5, 0.6) is 5.75 Å². The molecule has 2 aromatic rings. The highest BCUT2D eigenvalue weighted by Crippen LogP contribution is 2.36. The number of benzene rings is 2. The van der Waals surface area contributed by atoms with Gasteiger partial charge in [-0.15, -0.1) is 0 Å². The Hall–Kier alpha value is -2.91. The van der Waals surface area contributed by atoms with Crippen LogP contribution < -0.4 is 10.1 Å². The maximum atomic E-state index is 13.4. The fraction of sp³-hybridized carbons (Fsp3) is 0.440. The molecule has 2 aliphatic rings. The van der Waals surface area contributed by atoms with E-state index in [2.05, 4.69) is 5.32 Å². The molecule has 0 spiro atoms. The third kappa shape index (κ3) is 4.81. The van der Waals surface area contributed by atoms with Crippen LogP contribution in [0.3, 0.4) is 0 Å². The molecule has 4 rings (SSSR count). The van der Waals surface area contributed by atoms with Crippen LogP contribution in [0.2, 0.25) is 0 Å². The molecule has 0 radical (unpaired) electrons. The summed E-state index contributed by atoms with van der Waals surface area (Å²) in [5.74, 6) is -0.0332. The lowest BCUT2D eigenvalue weighted by Gasteiger charge is -2.34. The summed E-state index contributed by atoms with van der Waals surface area (Å²) >= 11 is 0. The van der Waals surface area contributed by atoms with Gasteiger partial charge >= 0.3 is 0 Å². The highest BCUT2D eigenvalue weighted by Gasteiger charge is 2.35. The lowest BCUT2D eigenvalue weighted by atomic mass is 9.96. The number of rotatable bonds is 6. The maximum Gasteiger partial charge on any atom is 0.265 e. The van der Waals surface area contributed by atoms with Crippen molar-refractivity contribution in [2.24, 2.45) is 5.92 Å². The summed E-state index contributed by atoms with van der Waals surface area (Å²) in [5, 5.41) is 2.75. The number of carbonyl (C=O) groups excluding carboxylic acids is 2. The minimum atomic E-state index is -3.76. The number of aryl methyl sites for hydroxylation is 1. The minimum absolute atomic E-state index is 0.0755. The van der Waals surface area contributed by atoms with Crippen molar-refractivity contribution < 1.29 is 22.7 Å². The quantitative estimate of drug-likeness (QED) is 0.678. The van der Waals surface area contributed by atoms with Crippen molar-refractivity contribution >= 4 is 27.5 Å². The first-order valence-electron chi connectivity index (χ1n) is 11.7. The molecule has 1 N–H and O–H groups in total. The Morgan fingerprint density at radius 1 is 1.18 bits per heavy atom. The fourth-order valence-electron chi connectivity index (χ4n) is 4.51. The first kappa shape index (κ1) is 24.2. The van der Waals surface area contributed by atoms with E-state index in [1.54, 1.807) is 19.9 Å². The molecule has 2 aromatic carbocycles. The highest BCUT2D eigenvalue weighted by molar-refractivity contribution is 7.89. The summed E-state index contributed by atoms with van der Waals surface area (Å²) in [5.41, 5.74) is 2.09. The Morgan fingerprint density at radius 3 is 2.50 bits per heavy atom. The van der Waals surface area contributed by atoms with Crippen molar-refractivity contribution in [2.45, 2.75) is 51.2 Å². The minimum Gasteiger partial charge on any atom is -0.479 e. The van der Waals surface area contributed by atoms with E-state index < -0.39 is 16.1 Å². The van der Waals surface area contributed by atoms with Gasteiger partial charge in [-0.05, 0) is 50.8 Å². The molecule has 2 heterocycles. The van der Waals surface area contributed by atoms with Crippen molar-refractivity contribution in [1.82, 2.24) is 9.21 Å². The molecule has 1 saturated heterocycles. The molecule has 0 saturated carbocycles. The number of sulfonamides is 1. The van der Waals surface area contributed by atoms with Crippen LogP contribution in [0.25, 0.3) is 0 Å². The molecule has 0 unspecified atom stereocenters. The molecule has 1 fully saturated rings. The van der Waals surface area contributed by atoms with E-state index in [1.165, 1.54) is 10.4 Å². The fourth-order valence-corrected chi connectivity index (χ4v) is 6.20. The zero-order chi connectivity index (χ0) is 24.5.